The van der Waals surface area contributed by atoms with Crippen molar-refractivity contribution in [3.8, 4) is 5.75 Å². The molecular formula is C16H14Cl2FNO. The number of para-hydroxylation sites is 1. The summed E-state index contributed by atoms with van der Waals surface area (Å²) >= 11 is 12.0. The summed E-state index contributed by atoms with van der Waals surface area (Å²) in [5.74, 6) is 0.164. The van der Waals surface area contributed by atoms with Gasteiger partial charge in [-0.3, -0.25) is 0 Å². The largest absolute Gasteiger partial charge is 0.482 e. The average Bonchev–Trinajstić information content (AvgIpc) is 2.41. The molecule has 0 spiro atoms. The van der Waals surface area contributed by atoms with Gasteiger partial charge in [-0.1, -0.05) is 41.4 Å². The van der Waals surface area contributed by atoms with Crippen LogP contribution < -0.4 is 10.1 Å². The molecule has 1 aliphatic rings. The minimum absolute atomic E-state index is 0.250. The molecule has 1 fully saturated rings. The predicted molar refractivity (Wildman–Crippen MR) is 82.6 cm³/mol. The number of hydrogen-bond acceptors (Lipinski definition) is 2. The number of halogens is 3. The third-order valence-corrected chi connectivity index (χ3v) is 4.34. The second-order valence-electron chi connectivity index (χ2n) is 5.06. The van der Waals surface area contributed by atoms with Crippen LogP contribution in [0, 0.1) is 11.7 Å². The summed E-state index contributed by atoms with van der Waals surface area (Å²) < 4.78 is 19.7. The third kappa shape index (κ3) is 3.15. The van der Waals surface area contributed by atoms with E-state index in [4.69, 9.17) is 27.9 Å². The van der Waals surface area contributed by atoms with Crippen LogP contribution >= 0.6 is 23.2 Å². The maximum absolute atomic E-state index is 13.8. The van der Waals surface area contributed by atoms with E-state index >= 15 is 0 Å². The van der Waals surface area contributed by atoms with Gasteiger partial charge in [-0.15, -0.1) is 0 Å². The molecule has 0 aliphatic carbocycles. The van der Waals surface area contributed by atoms with Crippen molar-refractivity contribution in [3.05, 3.63) is 63.9 Å². The zero-order chi connectivity index (χ0) is 14.8. The van der Waals surface area contributed by atoms with Crippen LogP contribution in [0.2, 0.25) is 10.0 Å². The van der Waals surface area contributed by atoms with Gasteiger partial charge in [-0.2, -0.15) is 0 Å². The molecule has 1 atom stereocenters. The molecule has 21 heavy (non-hydrogen) atoms. The minimum Gasteiger partial charge on any atom is -0.482 e. The van der Waals surface area contributed by atoms with Gasteiger partial charge in [-0.05, 0) is 29.8 Å². The second-order valence-corrected chi connectivity index (χ2v) is 5.88. The van der Waals surface area contributed by atoms with Crippen molar-refractivity contribution in [2.45, 2.75) is 6.10 Å². The molecule has 0 saturated carbocycles. The molecular weight excluding hydrogens is 312 g/mol. The molecule has 5 heteroatoms. The summed E-state index contributed by atoms with van der Waals surface area (Å²) in [6.07, 6.45) is -0.252. The predicted octanol–water partition coefficient (Wildman–Crippen LogP) is 4.47. The van der Waals surface area contributed by atoms with Gasteiger partial charge >= 0.3 is 0 Å². The zero-order valence-corrected chi connectivity index (χ0v) is 12.7. The molecule has 2 aromatic carbocycles. The van der Waals surface area contributed by atoms with Gasteiger partial charge in [-0.25, -0.2) is 4.39 Å². The SMILES string of the molecule is Fc1ccccc1O[C@@H](c1ccc(Cl)c(Cl)c1)C1CNC1. The lowest BCUT2D eigenvalue weighted by molar-refractivity contribution is 0.0950. The lowest BCUT2D eigenvalue weighted by Crippen LogP contribution is -2.46. The van der Waals surface area contributed by atoms with Crippen molar-refractivity contribution in [1.82, 2.24) is 5.32 Å². The van der Waals surface area contributed by atoms with E-state index in [1.807, 2.05) is 6.07 Å². The van der Waals surface area contributed by atoms with Crippen molar-refractivity contribution in [2.75, 3.05) is 13.1 Å². The van der Waals surface area contributed by atoms with Crippen LogP contribution in [0.3, 0.4) is 0 Å². The maximum atomic E-state index is 13.8. The van der Waals surface area contributed by atoms with E-state index in [0.29, 0.717) is 10.0 Å². The van der Waals surface area contributed by atoms with Crippen LogP contribution in [0.1, 0.15) is 11.7 Å². The van der Waals surface area contributed by atoms with Gasteiger partial charge in [0.2, 0.25) is 0 Å². The van der Waals surface area contributed by atoms with Gasteiger partial charge in [0.15, 0.2) is 11.6 Å². The van der Waals surface area contributed by atoms with Crippen molar-refractivity contribution < 1.29 is 9.13 Å². The molecule has 1 heterocycles. The Labute approximate surface area is 132 Å². The maximum Gasteiger partial charge on any atom is 0.165 e. The highest BCUT2D eigenvalue weighted by atomic mass is 35.5. The molecule has 0 radical (unpaired) electrons. The molecule has 0 amide bonds. The number of nitrogens with one attached hydrogen (secondary N) is 1. The van der Waals surface area contributed by atoms with E-state index in [9.17, 15) is 4.39 Å². The number of benzene rings is 2. The summed E-state index contributed by atoms with van der Waals surface area (Å²) in [5.41, 5.74) is 0.902. The monoisotopic (exact) mass is 325 g/mol. The van der Waals surface area contributed by atoms with Crippen molar-refractivity contribution in [1.29, 1.82) is 0 Å². The number of ether oxygens (including phenoxy) is 1. The van der Waals surface area contributed by atoms with Crippen LogP contribution in [-0.2, 0) is 0 Å². The average molecular weight is 326 g/mol. The fourth-order valence-corrected chi connectivity index (χ4v) is 2.63. The quantitative estimate of drug-likeness (QED) is 0.895. The third-order valence-electron chi connectivity index (χ3n) is 3.60. The molecule has 110 valence electrons. The number of hydrogen-bond donors (Lipinski definition) is 1. The normalized spacial score (nSPS) is 16.3. The molecule has 2 aromatic rings. The molecule has 0 aromatic heterocycles. The Morgan fingerprint density at radius 2 is 1.86 bits per heavy atom. The highest BCUT2D eigenvalue weighted by molar-refractivity contribution is 6.42. The Bertz CT molecular complexity index is 646. The standard InChI is InChI=1S/C16H14Cl2FNO/c17-12-6-5-10(7-13(12)18)16(11-8-20-9-11)21-15-4-2-1-3-14(15)19/h1-7,11,16,20H,8-9H2/t16-/m0/s1. The molecule has 1 aliphatic heterocycles. The van der Waals surface area contributed by atoms with Crippen molar-refractivity contribution >= 4 is 23.2 Å². The summed E-state index contributed by atoms with van der Waals surface area (Å²) in [6, 6.07) is 11.8. The Morgan fingerprint density at radius 1 is 1.10 bits per heavy atom. The Kier molecular flexibility index (Phi) is 4.34. The lowest BCUT2D eigenvalue weighted by atomic mass is 9.91. The first-order valence-corrected chi connectivity index (χ1v) is 7.47. The first-order chi connectivity index (χ1) is 10.1. The molecule has 0 unspecified atom stereocenters. The summed E-state index contributed by atoms with van der Waals surface area (Å²) in [4.78, 5) is 0. The van der Waals surface area contributed by atoms with E-state index in [1.165, 1.54) is 6.07 Å². The molecule has 3 rings (SSSR count). The first-order valence-electron chi connectivity index (χ1n) is 6.72. The van der Waals surface area contributed by atoms with Crippen LogP contribution in [0.15, 0.2) is 42.5 Å². The molecule has 1 N–H and O–H groups in total. The van der Waals surface area contributed by atoms with E-state index in [-0.39, 0.29) is 23.6 Å². The lowest BCUT2D eigenvalue weighted by Gasteiger charge is -2.35. The van der Waals surface area contributed by atoms with E-state index in [2.05, 4.69) is 5.32 Å². The highest BCUT2D eigenvalue weighted by Crippen LogP contribution is 2.34. The van der Waals surface area contributed by atoms with E-state index < -0.39 is 0 Å². The Balaban J connectivity index is 1.90. The fraction of sp³-hybridized carbons (Fsp3) is 0.250. The summed E-state index contributed by atoms with van der Waals surface area (Å²) in [6.45, 7) is 1.67. The number of rotatable bonds is 4. The van der Waals surface area contributed by atoms with E-state index in [1.54, 1.807) is 30.3 Å². The first kappa shape index (κ1) is 14.6. The van der Waals surface area contributed by atoms with Crippen LogP contribution in [-0.4, -0.2) is 13.1 Å². The van der Waals surface area contributed by atoms with Crippen LogP contribution in [0.25, 0.3) is 0 Å². The smallest absolute Gasteiger partial charge is 0.165 e. The Hall–Kier alpha value is -1.29. The molecule has 0 bridgehead atoms. The van der Waals surface area contributed by atoms with Gasteiger partial charge in [0.1, 0.15) is 6.10 Å². The fourth-order valence-electron chi connectivity index (χ4n) is 2.33. The minimum atomic E-state index is -0.366. The zero-order valence-electron chi connectivity index (χ0n) is 11.2. The summed E-state index contributed by atoms with van der Waals surface area (Å²) in [5, 5.41) is 4.18. The van der Waals surface area contributed by atoms with Gasteiger partial charge < -0.3 is 10.1 Å². The molecule has 2 nitrogen and oxygen atoms in total. The molecule has 1 saturated heterocycles. The van der Waals surface area contributed by atoms with Crippen molar-refractivity contribution in [2.24, 2.45) is 5.92 Å². The van der Waals surface area contributed by atoms with Crippen LogP contribution in [0.5, 0.6) is 5.75 Å². The van der Waals surface area contributed by atoms with Gasteiger partial charge in [0.25, 0.3) is 0 Å². The highest BCUT2D eigenvalue weighted by Gasteiger charge is 2.31. The summed E-state index contributed by atoms with van der Waals surface area (Å²) in [7, 11) is 0. The van der Waals surface area contributed by atoms with Crippen molar-refractivity contribution in [3.63, 3.8) is 0 Å². The second kappa shape index (κ2) is 6.22. The van der Waals surface area contributed by atoms with Crippen LogP contribution in [0.4, 0.5) is 4.39 Å². The Morgan fingerprint density at radius 3 is 2.48 bits per heavy atom. The topological polar surface area (TPSA) is 21.3 Å². The van der Waals surface area contributed by atoms with E-state index in [0.717, 1.165) is 18.7 Å². The van der Waals surface area contributed by atoms with Gasteiger partial charge in [0, 0.05) is 19.0 Å². The van der Waals surface area contributed by atoms with Gasteiger partial charge in [0.05, 0.1) is 10.0 Å².